The van der Waals surface area contributed by atoms with Gasteiger partial charge in [0.1, 0.15) is 7.05 Å². The van der Waals surface area contributed by atoms with Crippen molar-refractivity contribution in [2.24, 2.45) is 12.5 Å². The standard InChI is InChI=1S/C40H44B2N/c1-26-20-22-34-39(36(26)35-23-21-31(25-43(35)9)24-40(6,7)8)42(38-29(4)16-13-17-30(38)5)33-19-11-10-18-32(33)41(34)37-27(2)14-12-15-28(37)3/h10-23,25H,24H2,1-9H3/q+1. The van der Waals surface area contributed by atoms with Crippen molar-refractivity contribution in [1.82, 2.24) is 0 Å². The lowest BCUT2D eigenvalue weighted by Gasteiger charge is -2.36. The summed E-state index contributed by atoms with van der Waals surface area (Å²) in [5, 5.41) is 0. The number of rotatable bonds is 4. The van der Waals surface area contributed by atoms with Crippen LogP contribution in [0.4, 0.5) is 0 Å². The smallest absolute Gasteiger partial charge is 0.201 e. The highest BCUT2D eigenvalue weighted by atomic mass is 14.9. The summed E-state index contributed by atoms with van der Waals surface area (Å²) in [6, 6.07) is 32.3. The van der Waals surface area contributed by atoms with Gasteiger partial charge in [0.25, 0.3) is 0 Å². The highest BCUT2D eigenvalue weighted by Gasteiger charge is 2.43. The van der Waals surface area contributed by atoms with Crippen LogP contribution in [-0.4, -0.2) is 13.4 Å². The maximum absolute atomic E-state index is 2.44. The van der Waals surface area contributed by atoms with Crippen molar-refractivity contribution in [3.05, 3.63) is 125 Å². The molecule has 0 saturated carbocycles. The highest BCUT2D eigenvalue weighted by Crippen LogP contribution is 2.24. The summed E-state index contributed by atoms with van der Waals surface area (Å²) in [5.74, 6) is 0. The zero-order valence-corrected chi connectivity index (χ0v) is 27.5. The van der Waals surface area contributed by atoms with Crippen LogP contribution in [0.3, 0.4) is 0 Å². The Hall–Kier alpha value is -3.84. The second-order valence-corrected chi connectivity index (χ2v) is 14.1. The molecule has 1 aliphatic rings. The number of aromatic nitrogens is 1. The number of nitrogens with zero attached hydrogens (tertiary/aromatic N) is 1. The van der Waals surface area contributed by atoms with Gasteiger partial charge in [0, 0.05) is 17.2 Å². The number of aryl methyl sites for hydroxylation is 6. The Labute approximate surface area is 260 Å². The number of benzene rings is 4. The third-order valence-corrected chi connectivity index (χ3v) is 9.55. The summed E-state index contributed by atoms with van der Waals surface area (Å²) in [4.78, 5) is 0. The predicted octanol–water partition coefficient (Wildman–Crippen LogP) is 4.65. The number of hydrogen-bond donors (Lipinski definition) is 0. The van der Waals surface area contributed by atoms with Gasteiger partial charge in [0.2, 0.25) is 19.1 Å². The molecule has 0 atom stereocenters. The van der Waals surface area contributed by atoms with E-state index < -0.39 is 0 Å². The molecule has 1 aliphatic heterocycles. The summed E-state index contributed by atoms with van der Waals surface area (Å²) < 4.78 is 2.37. The van der Waals surface area contributed by atoms with Crippen LogP contribution < -0.4 is 37.3 Å². The van der Waals surface area contributed by atoms with Crippen LogP contribution in [0.1, 0.15) is 54.2 Å². The maximum atomic E-state index is 2.44. The van der Waals surface area contributed by atoms with Gasteiger partial charge in [-0.1, -0.05) is 149 Å². The van der Waals surface area contributed by atoms with Crippen LogP contribution >= 0.6 is 0 Å². The van der Waals surface area contributed by atoms with Gasteiger partial charge in [-0.05, 0) is 58.1 Å². The second kappa shape index (κ2) is 11.0. The van der Waals surface area contributed by atoms with E-state index in [0.29, 0.717) is 0 Å². The normalized spacial score (nSPS) is 12.8. The number of fused-ring (bicyclic) bond motifs is 2. The fraction of sp³-hybridized carbons (Fsp3) is 0.275. The first-order valence-corrected chi connectivity index (χ1v) is 15.8. The van der Waals surface area contributed by atoms with E-state index >= 15 is 0 Å². The van der Waals surface area contributed by atoms with Crippen molar-refractivity contribution >= 4 is 46.2 Å². The molecule has 5 aromatic rings. The molecular weight excluding hydrogens is 516 g/mol. The second-order valence-electron chi connectivity index (χ2n) is 14.1. The van der Waals surface area contributed by atoms with Gasteiger partial charge >= 0.3 is 0 Å². The largest absolute Gasteiger partial charge is 0.241 e. The minimum absolute atomic E-state index is 0.150. The Kier molecular flexibility index (Phi) is 7.49. The number of hydrogen-bond acceptors (Lipinski definition) is 0. The van der Waals surface area contributed by atoms with Crippen LogP contribution in [0.25, 0.3) is 11.3 Å². The zero-order chi connectivity index (χ0) is 30.6. The van der Waals surface area contributed by atoms with Crippen molar-refractivity contribution in [2.75, 3.05) is 0 Å². The van der Waals surface area contributed by atoms with Gasteiger partial charge in [0.05, 0.1) is 0 Å². The predicted molar refractivity (Wildman–Crippen MR) is 189 cm³/mol. The summed E-state index contributed by atoms with van der Waals surface area (Å²) in [5.41, 5.74) is 19.7. The SMILES string of the molecule is Cc1cccc(C)c1B1c2ccccc2B(c2c(C)cccc2C)c2c1ccc(C)c2-c1ccc(CC(C)(C)C)c[n+]1C. The molecule has 4 aromatic carbocycles. The van der Waals surface area contributed by atoms with E-state index in [0.717, 1.165) is 6.42 Å². The van der Waals surface area contributed by atoms with Gasteiger partial charge in [-0.25, -0.2) is 4.57 Å². The van der Waals surface area contributed by atoms with Crippen LogP contribution in [0.5, 0.6) is 0 Å². The van der Waals surface area contributed by atoms with E-state index in [1.165, 1.54) is 77.4 Å². The van der Waals surface area contributed by atoms with E-state index in [1.54, 1.807) is 0 Å². The van der Waals surface area contributed by atoms with Crippen molar-refractivity contribution in [3.63, 3.8) is 0 Å². The lowest BCUT2D eigenvalue weighted by Crippen LogP contribution is -2.76. The summed E-state index contributed by atoms with van der Waals surface area (Å²) in [7, 11) is 2.23. The molecule has 0 radical (unpaired) electrons. The Morgan fingerprint density at radius 3 is 1.60 bits per heavy atom. The molecule has 1 nitrogen and oxygen atoms in total. The van der Waals surface area contributed by atoms with E-state index in [-0.39, 0.29) is 18.8 Å². The molecule has 43 heavy (non-hydrogen) atoms. The molecule has 0 spiro atoms. The van der Waals surface area contributed by atoms with Gasteiger partial charge in [-0.2, -0.15) is 0 Å². The highest BCUT2D eigenvalue weighted by molar-refractivity contribution is 7.12. The fourth-order valence-corrected chi connectivity index (χ4v) is 7.82. The molecule has 2 heterocycles. The van der Waals surface area contributed by atoms with E-state index in [1.807, 2.05) is 0 Å². The van der Waals surface area contributed by atoms with Gasteiger partial charge < -0.3 is 0 Å². The van der Waals surface area contributed by atoms with Crippen molar-refractivity contribution in [2.45, 2.75) is 61.8 Å². The minimum Gasteiger partial charge on any atom is -0.201 e. The lowest BCUT2D eigenvalue weighted by atomic mass is 9.19. The van der Waals surface area contributed by atoms with Crippen molar-refractivity contribution in [3.8, 4) is 11.3 Å². The van der Waals surface area contributed by atoms with Crippen LogP contribution in [-0.2, 0) is 13.5 Å². The average Bonchev–Trinajstić information content (AvgIpc) is 2.93. The van der Waals surface area contributed by atoms with Gasteiger partial charge in [-0.15, -0.1) is 0 Å². The molecule has 0 bridgehead atoms. The van der Waals surface area contributed by atoms with Gasteiger partial charge in [-0.3, -0.25) is 0 Å². The third kappa shape index (κ3) is 5.18. The molecule has 0 amide bonds. The Morgan fingerprint density at radius 1 is 0.535 bits per heavy atom. The monoisotopic (exact) mass is 560 g/mol. The summed E-state index contributed by atoms with van der Waals surface area (Å²) in [6.45, 7) is 18.7. The molecule has 0 aliphatic carbocycles. The number of pyridine rings is 1. The first kappa shape index (κ1) is 29.2. The van der Waals surface area contributed by atoms with Crippen molar-refractivity contribution < 1.29 is 4.57 Å². The molecule has 3 heteroatoms. The van der Waals surface area contributed by atoms with Gasteiger partial charge in [0.15, 0.2) is 6.20 Å². The average molecular weight is 560 g/mol. The summed E-state index contributed by atoms with van der Waals surface area (Å²) >= 11 is 0. The lowest BCUT2D eigenvalue weighted by molar-refractivity contribution is -0.660. The Balaban J connectivity index is 1.73. The maximum Gasteiger partial charge on any atom is 0.241 e. The zero-order valence-electron chi connectivity index (χ0n) is 27.5. The molecular formula is C40H44B2N+. The molecule has 6 rings (SSSR count). The Bertz CT molecular complexity index is 1820. The van der Waals surface area contributed by atoms with Crippen LogP contribution in [0.15, 0.2) is 91.1 Å². The van der Waals surface area contributed by atoms with Crippen LogP contribution in [0.2, 0.25) is 0 Å². The van der Waals surface area contributed by atoms with Crippen molar-refractivity contribution in [1.29, 1.82) is 0 Å². The summed E-state index contributed by atoms with van der Waals surface area (Å²) in [6.07, 6.45) is 3.41. The first-order chi connectivity index (χ1) is 20.5. The first-order valence-electron chi connectivity index (χ1n) is 15.8. The van der Waals surface area contributed by atoms with E-state index in [2.05, 4.69) is 158 Å². The molecule has 0 unspecified atom stereocenters. The van der Waals surface area contributed by atoms with E-state index in [4.69, 9.17) is 0 Å². The molecule has 0 saturated heterocycles. The third-order valence-electron chi connectivity index (χ3n) is 9.55. The van der Waals surface area contributed by atoms with E-state index in [9.17, 15) is 0 Å². The van der Waals surface area contributed by atoms with Crippen LogP contribution in [0, 0.1) is 40.0 Å². The molecule has 1 aromatic heterocycles. The molecule has 214 valence electrons. The molecule has 0 fully saturated rings. The fourth-order valence-electron chi connectivity index (χ4n) is 7.82. The minimum atomic E-state index is 0.150. The Morgan fingerprint density at radius 2 is 1.07 bits per heavy atom. The quantitative estimate of drug-likeness (QED) is 0.218. The topological polar surface area (TPSA) is 3.88 Å². The molecule has 0 N–H and O–H groups in total.